The Balaban J connectivity index is 1.84. The first kappa shape index (κ1) is 15.8. The molecular formula is C20H15BrN2O2. The normalized spacial score (nSPS) is 22.2. The number of rotatable bonds is 2. The lowest BCUT2D eigenvalue weighted by Crippen LogP contribution is -2.43. The summed E-state index contributed by atoms with van der Waals surface area (Å²) >= 11 is 3.43. The molecule has 124 valence electrons. The van der Waals surface area contributed by atoms with Crippen molar-refractivity contribution in [1.82, 2.24) is 0 Å². The highest BCUT2D eigenvalue weighted by molar-refractivity contribution is 9.11. The molecule has 0 fully saturated rings. The topological polar surface area (TPSA) is 72.2 Å². The highest BCUT2D eigenvalue weighted by atomic mass is 79.9. The molecule has 0 saturated heterocycles. The van der Waals surface area contributed by atoms with E-state index in [2.05, 4.69) is 21.2 Å². The van der Waals surface area contributed by atoms with Crippen molar-refractivity contribution in [2.75, 3.05) is 5.32 Å². The van der Waals surface area contributed by atoms with Crippen molar-refractivity contribution in [2.45, 2.75) is 0 Å². The number of hydrogen-bond acceptors (Lipinski definition) is 4. The third-order valence-corrected chi connectivity index (χ3v) is 5.33. The standard InChI is InChI=1S/C20H15BrN2O2/c21-14-10-15(23-11-6-2-1-3-7-11)16-17(18(14)22)20(25)13-9-5-4-8-12(13)19(16)24/h1-10,16-17,23H,22H2. The molecule has 0 aromatic heterocycles. The minimum atomic E-state index is -0.687. The van der Waals surface area contributed by atoms with E-state index in [9.17, 15) is 9.59 Å². The van der Waals surface area contributed by atoms with Gasteiger partial charge in [0.15, 0.2) is 11.6 Å². The lowest BCUT2D eigenvalue weighted by Gasteiger charge is -2.35. The number of allylic oxidation sites excluding steroid dienone is 4. The molecule has 25 heavy (non-hydrogen) atoms. The quantitative estimate of drug-likeness (QED) is 0.810. The Labute approximate surface area is 153 Å². The SMILES string of the molecule is NC1=C(Br)C=C(Nc2ccccc2)C2C(=O)c3ccccc3C(=O)C12. The van der Waals surface area contributed by atoms with Crippen LogP contribution in [0.1, 0.15) is 20.7 Å². The molecule has 0 aliphatic heterocycles. The number of halogens is 1. The second-order valence-electron chi connectivity index (χ2n) is 6.12. The largest absolute Gasteiger partial charge is 0.400 e. The number of nitrogens with one attached hydrogen (secondary N) is 1. The highest BCUT2D eigenvalue weighted by Gasteiger charge is 2.46. The van der Waals surface area contributed by atoms with E-state index in [1.54, 1.807) is 30.3 Å². The Hall–Kier alpha value is -2.66. The number of benzene rings is 2. The third kappa shape index (κ3) is 2.51. The van der Waals surface area contributed by atoms with Crippen LogP contribution >= 0.6 is 15.9 Å². The fourth-order valence-electron chi connectivity index (χ4n) is 3.45. The van der Waals surface area contributed by atoms with Crippen LogP contribution in [0.2, 0.25) is 0 Å². The van der Waals surface area contributed by atoms with Crippen molar-refractivity contribution >= 4 is 33.2 Å². The molecule has 4 rings (SSSR count). The number of para-hydroxylation sites is 1. The molecule has 4 nitrogen and oxygen atoms in total. The molecule has 3 N–H and O–H groups in total. The second-order valence-corrected chi connectivity index (χ2v) is 6.98. The summed E-state index contributed by atoms with van der Waals surface area (Å²) in [6, 6.07) is 16.5. The van der Waals surface area contributed by atoms with Crippen LogP contribution in [0.5, 0.6) is 0 Å². The summed E-state index contributed by atoms with van der Waals surface area (Å²) in [4.78, 5) is 26.1. The molecule has 2 aromatic carbocycles. The van der Waals surface area contributed by atoms with Crippen LogP contribution in [0, 0.1) is 11.8 Å². The predicted octanol–water partition coefficient (Wildman–Crippen LogP) is 3.87. The number of nitrogens with two attached hydrogens (primary N) is 1. The molecule has 0 saturated carbocycles. The van der Waals surface area contributed by atoms with Crippen LogP contribution in [0.3, 0.4) is 0 Å². The molecule has 0 heterocycles. The maximum absolute atomic E-state index is 13.1. The minimum Gasteiger partial charge on any atom is -0.400 e. The van der Waals surface area contributed by atoms with Gasteiger partial charge in [-0.1, -0.05) is 42.5 Å². The lowest BCUT2D eigenvalue weighted by molar-refractivity contribution is 0.0785. The smallest absolute Gasteiger partial charge is 0.173 e. The molecule has 2 aromatic rings. The Morgan fingerprint density at radius 1 is 0.840 bits per heavy atom. The predicted molar refractivity (Wildman–Crippen MR) is 100 cm³/mol. The zero-order valence-corrected chi connectivity index (χ0v) is 14.8. The van der Waals surface area contributed by atoms with E-state index in [1.807, 2.05) is 30.3 Å². The first-order chi connectivity index (χ1) is 12.1. The summed E-state index contributed by atoms with van der Waals surface area (Å²) in [6.07, 6.45) is 1.79. The van der Waals surface area contributed by atoms with E-state index in [-0.39, 0.29) is 11.6 Å². The van der Waals surface area contributed by atoms with Crippen LogP contribution in [0.15, 0.2) is 76.5 Å². The van der Waals surface area contributed by atoms with Gasteiger partial charge in [-0.15, -0.1) is 0 Å². The number of carbonyl (C=O) groups is 2. The molecule has 0 radical (unpaired) electrons. The zero-order chi connectivity index (χ0) is 17.6. The van der Waals surface area contributed by atoms with E-state index >= 15 is 0 Å². The molecule has 0 bridgehead atoms. The molecule has 2 unspecified atom stereocenters. The summed E-state index contributed by atoms with van der Waals surface area (Å²) in [5, 5.41) is 3.28. The molecular weight excluding hydrogens is 380 g/mol. The van der Waals surface area contributed by atoms with Gasteiger partial charge in [-0.3, -0.25) is 9.59 Å². The maximum atomic E-state index is 13.1. The van der Waals surface area contributed by atoms with Crippen molar-refractivity contribution in [3.8, 4) is 0 Å². The number of anilines is 1. The van der Waals surface area contributed by atoms with Crippen molar-refractivity contribution in [1.29, 1.82) is 0 Å². The first-order valence-corrected chi connectivity index (χ1v) is 8.73. The fraction of sp³-hybridized carbons (Fsp3) is 0.100. The first-order valence-electron chi connectivity index (χ1n) is 7.94. The average Bonchev–Trinajstić information content (AvgIpc) is 2.63. The Bertz CT molecular complexity index is 947. The minimum absolute atomic E-state index is 0.0853. The van der Waals surface area contributed by atoms with Crippen LogP contribution in [0.4, 0.5) is 5.69 Å². The van der Waals surface area contributed by atoms with Gasteiger partial charge in [0.2, 0.25) is 0 Å². The molecule has 0 spiro atoms. The Morgan fingerprint density at radius 2 is 1.40 bits per heavy atom. The number of fused-ring (bicyclic) bond motifs is 2. The van der Waals surface area contributed by atoms with Crippen LogP contribution in [-0.4, -0.2) is 11.6 Å². The van der Waals surface area contributed by atoms with E-state index < -0.39 is 11.8 Å². The number of ketones is 2. The van der Waals surface area contributed by atoms with Gasteiger partial charge >= 0.3 is 0 Å². The maximum Gasteiger partial charge on any atom is 0.173 e. The highest BCUT2D eigenvalue weighted by Crippen LogP contribution is 2.42. The van der Waals surface area contributed by atoms with Gasteiger partial charge in [-0.2, -0.15) is 0 Å². The Kier molecular flexibility index (Phi) is 3.81. The van der Waals surface area contributed by atoms with E-state index in [4.69, 9.17) is 5.73 Å². The van der Waals surface area contributed by atoms with Gasteiger partial charge in [0.25, 0.3) is 0 Å². The summed E-state index contributed by atoms with van der Waals surface area (Å²) < 4.78 is 0.632. The van der Waals surface area contributed by atoms with E-state index in [0.717, 1.165) is 5.69 Å². The summed E-state index contributed by atoms with van der Waals surface area (Å²) in [7, 11) is 0. The van der Waals surface area contributed by atoms with Gasteiger partial charge < -0.3 is 11.1 Å². The van der Waals surface area contributed by atoms with Gasteiger partial charge in [0, 0.05) is 32.7 Å². The third-order valence-electron chi connectivity index (χ3n) is 4.65. The second kappa shape index (κ2) is 6.01. The van der Waals surface area contributed by atoms with Gasteiger partial charge in [-0.05, 0) is 34.1 Å². The molecule has 2 aliphatic rings. The average molecular weight is 395 g/mol. The van der Waals surface area contributed by atoms with Crippen molar-refractivity contribution < 1.29 is 9.59 Å². The molecule has 5 heteroatoms. The Morgan fingerprint density at radius 3 is 2.04 bits per heavy atom. The van der Waals surface area contributed by atoms with Crippen molar-refractivity contribution in [3.05, 3.63) is 87.7 Å². The lowest BCUT2D eigenvalue weighted by atomic mass is 9.69. The van der Waals surface area contributed by atoms with Gasteiger partial charge in [0.1, 0.15) is 0 Å². The number of hydrogen-bond donors (Lipinski definition) is 2. The summed E-state index contributed by atoms with van der Waals surface area (Å²) in [6.45, 7) is 0. The van der Waals surface area contributed by atoms with E-state index in [0.29, 0.717) is 27.0 Å². The van der Waals surface area contributed by atoms with Crippen LogP contribution in [0.25, 0.3) is 0 Å². The van der Waals surface area contributed by atoms with Crippen LogP contribution < -0.4 is 11.1 Å². The van der Waals surface area contributed by atoms with Gasteiger partial charge in [0.05, 0.1) is 11.8 Å². The zero-order valence-electron chi connectivity index (χ0n) is 13.2. The molecule has 2 atom stereocenters. The van der Waals surface area contributed by atoms with E-state index in [1.165, 1.54) is 0 Å². The van der Waals surface area contributed by atoms with Gasteiger partial charge in [-0.25, -0.2) is 0 Å². The van der Waals surface area contributed by atoms with Crippen molar-refractivity contribution in [2.24, 2.45) is 17.6 Å². The molecule has 2 aliphatic carbocycles. The monoisotopic (exact) mass is 394 g/mol. The number of Topliss-reactive ketones (excluding diaryl/α,β-unsaturated/α-hetero) is 2. The number of carbonyl (C=O) groups excluding carboxylic acids is 2. The summed E-state index contributed by atoms with van der Waals surface area (Å²) in [5.41, 5.74) is 9.01. The molecule has 0 amide bonds. The summed E-state index contributed by atoms with van der Waals surface area (Å²) in [5.74, 6) is -1.52. The van der Waals surface area contributed by atoms with Crippen LogP contribution in [-0.2, 0) is 0 Å². The fourth-order valence-corrected chi connectivity index (χ4v) is 3.95. The van der Waals surface area contributed by atoms with Crippen molar-refractivity contribution in [3.63, 3.8) is 0 Å².